The van der Waals surface area contributed by atoms with Crippen LogP contribution in [-0.4, -0.2) is 9.79 Å². The number of hydrogen-bond acceptors (Lipinski definition) is 2. The molecule has 0 aliphatic heterocycles. The second-order valence-corrected chi connectivity index (χ2v) is 6.80. The third-order valence-corrected chi connectivity index (χ3v) is 4.91. The van der Waals surface area contributed by atoms with E-state index in [2.05, 4.69) is 5.10 Å². The van der Waals surface area contributed by atoms with Gasteiger partial charge in [-0.15, -0.1) is 5.10 Å². The molecule has 0 saturated heterocycles. The molecule has 1 unspecified atom stereocenters. The molecule has 27 heavy (non-hydrogen) atoms. The Bertz CT molecular complexity index is 1180. The van der Waals surface area contributed by atoms with E-state index in [4.69, 9.17) is 11.6 Å². The van der Waals surface area contributed by atoms with Gasteiger partial charge in [-0.3, -0.25) is 4.79 Å². The van der Waals surface area contributed by atoms with Crippen LogP contribution in [0.25, 0.3) is 27.7 Å². The topological polar surface area (TPSA) is 56.4 Å². The van der Waals surface area contributed by atoms with Gasteiger partial charge in [-0.05, 0) is 37.3 Å². The summed E-state index contributed by atoms with van der Waals surface area (Å²) >= 11 is 6.44. The Morgan fingerprint density at radius 1 is 0.926 bits per heavy atom. The van der Waals surface area contributed by atoms with Gasteiger partial charge in [-0.25, -0.2) is 0 Å². The van der Waals surface area contributed by atoms with Gasteiger partial charge in [0.1, 0.15) is 5.69 Å². The first-order valence-corrected chi connectivity index (χ1v) is 9.05. The Morgan fingerprint density at radius 2 is 1.59 bits per heavy atom. The van der Waals surface area contributed by atoms with Gasteiger partial charge in [-0.1, -0.05) is 58.7 Å². The molecule has 4 rings (SSSR count). The molecule has 0 bridgehead atoms. The number of benzene rings is 3. The lowest BCUT2D eigenvalue weighted by atomic mass is 10.0. The fraction of sp³-hybridized carbons (Fsp3) is 0.0909. The summed E-state index contributed by atoms with van der Waals surface area (Å²) in [4.78, 5) is 13.2. The van der Waals surface area contributed by atoms with Crippen LogP contribution in [0, 0.1) is 0 Å². The van der Waals surface area contributed by atoms with Crippen molar-refractivity contribution in [3.05, 3.63) is 93.7 Å². The molecule has 0 radical (unpaired) electrons. The van der Waals surface area contributed by atoms with Crippen molar-refractivity contribution in [3.63, 3.8) is 0 Å². The highest BCUT2D eigenvalue weighted by molar-refractivity contribution is 6.32. The van der Waals surface area contributed by atoms with Gasteiger partial charge < -0.3 is 5.11 Å². The molecule has 1 atom stereocenters. The number of aliphatic hydroxyl groups excluding tert-OH is 1. The fourth-order valence-corrected chi connectivity index (χ4v) is 3.58. The molecule has 1 heterocycles. The van der Waals surface area contributed by atoms with Crippen molar-refractivity contribution < 1.29 is 10.2 Å². The highest BCUT2D eigenvalue weighted by atomic mass is 35.5. The molecular weight excluding hydrogens is 360 g/mol. The number of H-pyrrole nitrogens is 1. The van der Waals surface area contributed by atoms with E-state index in [9.17, 15) is 9.90 Å². The number of nitrogens with zero attached hydrogens (tertiary/aromatic N) is 1. The van der Waals surface area contributed by atoms with Crippen molar-refractivity contribution >= 4 is 22.4 Å². The zero-order chi connectivity index (χ0) is 19.0. The highest BCUT2D eigenvalue weighted by Crippen LogP contribution is 2.29. The molecule has 3 aromatic carbocycles. The molecule has 0 spiro atoms. The van der Waals surface area contributed by atoms with Crippen LogP contribution >= 0.6 is 11.6 Å². The number of aliphatic hydroxyl groups is 1. The van der Waals surface area contributed by atoms with Crippen LogP contribution in [0.1, 0.15) is 18.6 Å². The van der Waals surface area contributed by atoms with Gasteiger partial charge in [0.25, 0.3) is 0 Å². The molecule has 2 N–H and O–H groups in total. The first kappa shape index (κ1) is 17.5. The van der Waals surface area contributed by atoms with Crippen molar-refractivity contribution in [1.82, 2.24) is 4.68 Å². The van der Waals surface area contributed by atoms with Crippen molar-refractivity contribution in [2.45, 2.75) is 13.0 Å². The highest BCUT2D eigenvalue weighted by Gasteiger charge is 2.23. The van der Waals surface area contributed by atoms with E-state index in [-0.39, 0.29) is 5.56 Å². The third kappa shape index (κ3) is 3.03. The molecule has 0 amide bonds. The van der Waals surface area contributed by atoms with Crippen LogP contribution in [0.5, 0.6) is 0 Å². The number of rotatable bonds is 3. The van der Waals surface area contributed by atoms with Crippen LogP contribution < -0.4 is 10.7 Å². The van der Waals surface area contributed by atoms with E-state index in [1.165, 1.54) is 4.68 Å². The SMILES string of the molecule is CC(O)c1cccc(Cl)c1-n1[nH+]c(-c2ccccc2)c2ccccc2c1=O. The van der Waals surface area contributed by atoms with Crippen LogP contribution in [0.3, 0.4) is 0 Å². The molecule has 0 saturated carbocycles. The zero-order valence-electron chi connectivity index (χ0n) is 14.7. The van der Waals surface area contributed by atoms with Crippen molar-refractivity contribution in [1.29, 1.82) is 0 Å². The number of halogens is 1. The molecule has 5 heteroatoms. The number of aromatic amines is 1. The van der Waals surface area contributed by atoms with Crippen LogP contribution in [-0.2, 0) is 0 Å². The van der Waals surface area contributed by atoms with Crippen molar-refractivity contribution in [2.75, 3.05) is 0 Å². The normalized spacial score (nSPS) is 12.3. The predicted molar refractivity (Wildman–Crippen MR) is 107 cm³/mol. The predicted octanol–water partition coefficient (Wildman–Crippen LogP) is 4.18. The number of fused-ring (bicyclic) bond motifs is 1. The van der Waals surface area contributed by atoms with Crippen LogP contribution in [0.2, 0.25) is 5.02 Å². The summed E-state index contributed by atoms with van der Waals surface area (Å²) in [5, 5.41) is 15.2. The number of hydrogen-bond donors (Lipinski definition) is 1. The molecule has 0 aliphatic rings. The average molecular weight is 378 g/mol. The number of para-hydroxylation sites is 1. The first-order chi connectivity index (χ1) is 13.1. The van der Waals surface area contributed by atoms with Gasteiger partial charge >= 0.3 is 5.56 Å². The van der Waals surface area contributed by atoms with E-state index in [0.29, 0.717) is 21.7 Å². The van der Waals surface area contributed by atoms with Gasteiger partial charge in [0, 0.05) is 11.1 Å². The van der Waals surface area contributed by atoms with Gasteiger partial charge in [0.2, 0.25) is 5.69 Å². The second-order valence-electron chi connectivity index (χ2n) is 6.39. The number of nitrogens with one attached hydrogen (secondary N) is 1. The Kier molecular flexibility index (Phi) is 4.52. The summed E-state index contributed by atoms with van der Waals surface area (Å²) < 4.78 is 1.43. The zero-order valence-corrected chi connectivity index (χ0v) is 15.4. The lowest BCUT2D eigenvalue weighted by Gasteiger charge is -2.13. The lowest BCUT2D eigenvalue weighted by molar-refractivity contribution is -0.469. The van der Waals surface area contributed by atoms with Crippen LogP contribution in [0.15, 0.2) is 77.6 Å². The largest absolute Gasteiger partial charge is 0.389 e. The van der Waals surface area contributed by atoms with Gasteiger partial charge in [0.15, 0.2) is 0 Å². The third-order valence-electron chi connectivity index (χ3n) is 4.61. The molecule has 0 fully saturated rings. The minimum atomic E-state index is -0.773. The summed E-state index contributed by atoms with van der Waals surface area (Å²) in [6.07, 6.45) is -0.773. The summed E-state index contributed by atoms with van der Waals surface area (Å²) in [6, 6.07) is 22.5. The van der Waals surface area contributed by atoms with Gasteiger partial charge in [-0.2, -0.15) is 0 Å². The van der Waals surface area contributed by atoms with E-state index in [0.717, 1.165) is 16.6 Å². The minimum Gasteiger partial charge on any atom is -0.389 e. The number of aromatic nitrogens is 2. The smallest absolute Gasteiger partial charge is 0.314 e. The van der Waals surface area contributed by atoms with E-state index < -0.39 is 6.10 Å². The van der Waals surface area contributed by atoms with E-state index in [1.807, 2.05) is 48.5 Å². The molecule has 4 nitrogen and oxygen atoms in total. The summed E-state index contributed by atoms with van der Waals surface area (Å²) in [6.45, 7) is 1.65. The lowest BCUT2D eigenvalue weighted by Crippen LogP contribution is -2.36. The van der Waals surface area contributed by atoms with E-state index in [1.54, 1.807) is 31.2 Å². The van der Waals surface area contributed by atoms with Crippen molar-refractivity contribution in [3.8, 4) is 16.9 Å². The standard InChI is InChI=1S/C22H17ClN2O2/c1-14(26)16-12-7-13-19(23)21(16)25-22(27)18-11-6-5-10-17(18)20(24-25)15-8-3-2-4-9-15/h2-14,26H,1H3/p+1. The summed E-state index contributed by atoms with van der Waals surface area (Å²) in [5.41, 5.74) is 2.58. The quantitative estimate of drug-likeness (QED) is 0.582. The average Bonchev–Trinajstić information content (AvgIpc) is 2.69. The maximum Gasteiger partial charge on any atom is 0.314 e. The minimum absolute atomic E-state index is 0.222. The molecule has 4 aromatic rings. The van der Waals surface area contributed by atoms with Gasteiger partial charge in [0.05, 0.1) is 21.9 Å². The van der Waals surface area contributed by atoms with E-state index >= 15 is 0 Å². The molecular formula is C22H18ClN2O2+. The molecule has 1 aromatic heterocycles. The monoisotopic (exact) mass is 377 g/mol. The maximum atomic E-state index is 13.2. The Balaban J connectivity index is 2.13. The summed E-state index contributed by atoms with van der Waals surface area (Å²) in [7, 11) is 0. The molecule has 0 aliphatic carbocycles. The summed E-state index contributed by atoms with van der Waals surface area (Å²) in [5.74, 6) is 0. The van der Waals surface area contributed by atoms with Crippen molar-refractivity contribution in [2.24, 2.45) is 0 Å². The first-order valence-electron chi connectivity index (χ1n) is 8.67. The fourth-order valence-electron chi connectivity index (χ4n) is 3.32. The Labute approximate surface area is 161 Å². The maximum absolute atomic E-state index is 13.2. The Morgan fingerprint density at radius 3 is 2.30 bits per heavy atom. The van der Waals surface area contributed by atoms with Crippen LogP contribution in [0.4, 0.5) is 0 Å². The Hall–Kier alpha value is -2.95. The second kappa shape index (κ2) is 6.99. The molecule has 134 valence electrons.